The minimum atomic E-state index is 0.104. The Bertz CT molecular complexity index is 500. The van der Waals surface area contributed by atoms with Gasteiger partial charge in [0.2, 0.25) is 0 Å². The summed E-state index contributed by atoms with van der Waals surface area (Å²) in [6, 6.07) is 7.49. The summed E-state index contributed by atoms with van der Waals surface area (Å²) in [5.74, 6) is 0.810. The molecule has 16 heavy (non-hydrogen) atoms. The molecular weight excluding hydrogens is 200 g/mol. The van der Waals surface area contributed by atoms with E-state index in [9.17, 15) is 0 Å². The van der Waals surface area contributed by atoms with Crippen molar-refractivity contribution < 1.29 is 4.74 Å². The number of allylic oxidation sites excluding steroid dienone is 1. The summed E-state index contributed by atoms with van der Waals surface area (Å²) in [5, 5.41) is 17.4. The van der Waals surface area contributed by atoms with Crippen LogP contribution in [0, 0.1) is 36.5 Å². The van der Waals surface area contributed by atoms with Crippen LogP contribution in [0.25, 0.3) is 6.08 Å². The fraction of sp³-hybridized carbons (Fsp3) is 0.231. The van der Waals surface area contributed by atoms with Gasteiger partial charge in [-0.15, -0.1) is 0 Å². The Morgan fingerprint density at radius 1 is 1.19 bits per heavy atom. The predicted molar refractivity (Wildman–Crippen MR) is 61.7 cm³/mol. The van der Waals surface area contributed by atoms with Gasteiger partial charge in [0.1, 0.15) is 23.5 Å². The lowest BCUT2D eigenvalue weighted by molar-refractivity contribution is 0.411. The zero-order valence-corrected chi connectivity index (χ0v) is 9.53. The summed E-state index contributed by atoms with van der Waals surface area (Å²) in [6.45, 7) is 3.84. The van der Waals surface area contributed by atoms with Gasteiger partial charge in [-0.2, -0.15) is 10.5 Å². The van der Waals surface area contributed by atoms with Gasteiger partial charge in [-0.3, -0.25) is 0 Å². The second-order valence-corrected chi connectivity index (χ2v) is 3.46. The Morgan fingerprint density at radius 3 is 2.31 bits per heavy atom. The van der Waals surface area contributed by atoms with Crippen molar-refractivity contribution in [1.29, 1.82) is 10.5 Å². The molecule has 3 nitrogen and oxygen atoms in total. The largest absolute Gasteiger partial charge is 0.496 e. The molecule has 0 saturated heterocycles. The molecule has 0 bridgehead atoms. The predicted octanol–water partition coefficient (Wildman–Crippen LogP) is 2.74. The zero-order chi connectivity index (χ0) is 12.1. The van der Waals surface area contributed by atoms with Crippen LogP contribution in [0.15, 0.2) is 17.7 Å². The van der Waals surface area contributed by atoms with Gasteiger partial charge in [-0.05, 0) is 48.7 Å². The molecule has 0 aliphatic heterocycles. The third-order valence-electron chi connectivity index (χ3n) is 2.32. The third-order valence-corrected chi connectivity index (χ3v) is 2.32. The number of hydrogen-bond acceptors (Lipinski definition) is 3. The summed E-state index contributed by atoms with van der Waals surface area (Å²) in [4.78, 5) is 0. The molecule has 0 aromatic heterocycles. The van der Waals surface area contributed by atoms with Crippen LogP contribution in [0.4, 0.5) is 0 Å². The highest BCUT2D eigenvalue weighted by molar-refractivity contribution is 5.65. The molecule has 1 aromatic rings. The zero-order valence-electron chi connectivity index (χ0n) is 9.53. The minimum absolute atomic E-state index is 0.104. The molecule has 0 aliphatic rings. The molecule has 0 N–H and O–H groups in total. The maximum absolute atomic E-state index is 8.68. The topological polar surface area (TPSA) is 56.8 Å². The molecule has 3 heteroatoms. The highest BCUT2D eigenvalue weighted by Crippen LogP contribution is 2.23. The van der Waals surface area contributed by atoms with Crippen molar-refractivity contribution in [3.05, 3.63) is 34.4 Å². The Labute approximate surface area is 95.2 Å². The summed E-state index contributed by atoms with van der Waals surface area (Å²) in [5.41, 5.74) is 2.93. The van der Waals surface area contributed by atoms with E-state index in [1.807, 2.05) is 38.1 Å². The first-order valence-electron chi connectivity index (χ1n) is 4.79. The first-order valence-corrected chi connectivity index (χ1v) is 4.79. The number of benzene rings is 1. The Morgan fingerprint density at radius 2 is 1.81 bits per heavy atom. The van der Waals surface area contributed by atoms with E-state index in [1.54, 1.807) is 13.2 Å². The van der Waals surface area contributed by atoms with Gasteiger partial charge in [0.05, 0.1) is 7.11 Å². The van der Waals surface area contributed by atoms with Crippen LogP contribution in [0.2, 0.25) is 0 Å². The molecule has 0 saturated carbocycles. The second-order valence-electron chi connectivity index (χ2n) is 3.46. The smallest absolute Gasteiger partial charge is 0.130 e. The highest BCUT2D eigenvalue weighted by atomic mass is 16.5. The van der Waals surface area contributed by atoms with Crippen molar-refractivity contribution in [1.82, 2.24) is 0 Å². The SMILES string of the molecule is COc1cc(C)c(C=C(C#N)C#N)cc1C. The molecule has 0 radical (unpaired) electrons. The molecule has 1 rings (SSSR count). The molecule has 0 spiro atoms. The van der Waals surface area contributed by atoms with E-state index < -0.39 is 0 Å². The molecule has 0 heterocycles. The van der Waals surface area contributed by atoms with Crippen molar-refractivity contribution in [2.75, 3.05) is 7.11 Å². The van der Waals surface area contributed by atoms with Gasteiger partial charge in [-0.25, -0.2) is 0 Å². The van der Waals surface area contributed by atoms with Crippen LogP contribution < -0.4 is 4.74 Å². The summed E-state index contributed by atoms with van der Waals surface area (Å²) in [7, 11) is 1.62. The second kappa shape index (κ2) is 5.00. The monoisotopic (exact) mass is 212 g/mol. The van der Waals surface area contributed by atoms with Gasteiger partial charge in [0.15, 0.2) is 0 Å². The minimum Gasteiger partial charge on any atom is -0.496 e. The van der Waals surface area contributed by atoms with Crippen LogP contribution in [-0.2, 0) is 0 Å². The van der Waals surface area contributed by atoms with Crippen molar-refractivity contribution in [3.8, 4) is 17.9 Å². The lowest BCUT2D eigenvalue weighted by Crippen LogP contribution is -1.91. The maximum atomic E-state index is 8.68. The standard InChI is InChI=1S/C13H12N2O/c1-9-5-13(16-3)10(2)4-12(9)6-11(7-14)8-15/h4-6H,1-3H3. The van der Waals surface area contributed by atoms with Crippen molar-refractivity contribution in [3.63, 3.8) is 0 Å². The van der Waals surface area contributed by atoms with E-state index in [0.717, 1.165) is 22.4 Å². The van der Waals surface area contributed by atoms with Crippen LogP contribution in [0.5, 0.6) is 5.75 Å². The number of hydrogen-bond donors (Lipinski definition) is 0. The number of nitrogens with zero attached hydrogens (tertiary/aromatic N) is 2. The number of methoxy groups -OCH3 is 1. The third kappa shape index (κ3) is 2.40. The molecular formula is C13H12N2O. The van der Waals surface area contributed by atoms with Gasteiger partial charge >= 0.3 is 0 Å². The highest BCUT2D eigenvalue weighted by Gasteiger charge is 2.04. The van der Waals surface area contributed by atoms with Crippen LogP contribution in [0.1, 0.15) is 16.7 Å². The van der Waals surface area contributed by atoms with E-state index in [0.29, 0.717) is 0 Å². The molecule has 0 fully saturated rings. The summed E-state index contributed by atoms with van der Waals surface area (Å²) < 4.78 is 5.19. The molecule has 0 amide bonds. The number of aryl methyl sites for hydroxylation is 2. The Kier molecular flexibility index (Phi) is 3.69. The van der Waals surface area contributed by atoms with E-state index >= 15 is 0 Å². The quantitative estimate of drug-likeness (QED) is 0.708. The number of ether oxygens (including phenoxy) is 1. The Balaban J connectivity index is 3.29. The number of rotatable bonds is 2. The average Bonchev–Trinajstić information content (AvgIpc) is 2.29. The molecule has 0 atom stereocenters. The van der Waals surface area contributed by atoms with Crippen LogP contribution in [0.3, 0.4) is 0 Å². The number of nitriles is 2. The molecule has 1 aromatic carbocycles. The molecule has 80 valence electrons. The van der Waals surface area contributed by atoms with Crippen LogP contribution >= 0.6 is 0 Å². The van der Waals surface area contributed by atoms with Gasteiger partial charge < -0.3 is 4.74 Å². The lowest BCUT2D eigenvalue weighted by Gasteiger charge is -2.08. The fourth-order valence-corrected chi connectivity index (χ4v) is 1.43. The van der Waals surface area contributed by atoms with Crippen LogP contribution in [-0.4, -0.2) is 7.11 Å². The van der Waals surface area contributed by atoms with E-state index in [1.165, 1.54) is 0 Å². The fourth-order valence-electron chi connectivity index (χ4n) is 1.43. The molecule has 0 aliphatic carbocycles. The Hall–Kier alpha value is -2.26. The van der Waals surface area contributed by atoms with Gasteiger partial charge in [0.25, 0.3) is 0 Å². The van der Waals surface area contributed by atoms with E-state index in [2.05, 4.69) is 0 Å². The maximum Gasteiger partial charge on any atom is 0.130 e. The first-order chi connectivity index (χ1) is 7.62. The lowest BCUT2D eigenvalue weighted by atomic mass is 10.0. The summed E-state index contributed by atoms with van der Waals surface area (Å²) >= 11 is 0. The normalized spacial score (nSPS) is 8.81. The average molecular weight is 212 g/mol. The van der Waals surface area contributed by atoms with E-state index in [-0.39, 0.29) is 5.57 Å². The van der Waals surface area contributed by atoms with Gasteiger partial charge in [-0.1, -0.05) is 0 Å². The van der Waals surface area contributed by atoms with Crippen molar-refractivity contribution in [2.45, 2.75) is 13.8 Å². The van der Waals surface area contributed by atoms with E-state index in [4.69, 9.17) is 15.3 Å². The van der Waals surface area contributed by atoms with Crippen molar-refractivity contribution in [2.24, 2.45) is 0 Å². The summed E-state index contributed by atoms with van der Waals surface area (Å²) in [6.07, 6.45) is 1.59. The first kappa shape index (κ1) is 11.8. The molecule has 0 unspecified atom stereocenters. The van der Waals surface area contributed by atoms with Crippen molar-refractivity contribution >= 4 is 6.08 Å². The van der Waals surface area contributed by atoms with Gasteiger partial charge in [0, 0.05) is 0 Å².